The number of amides is 2. The van der Waals surface area contributed by atoms with Crippen molar-refractivity contribution in [3.05, 3.63) is 0 Å². The molecular weight excluding hydrogens is 412 g/mol. The number of nitrogens with one attached hydrogen (secondary N) is 2. The van der Waals surface area contributed by atoms with E-state index in [9.17, 15) is 4.79 Å². The molecule has 0 unspecified atom stereocenters. The van der Waals surface area contributed by atoms with Crippen LogP contribution in [-0.4, -0.2) is 32.2 Å². The largest absolute Gasteiger partial charge is 0.337 e. The van der Waals surface area contributed by atoms with E-state index in [1.165, 1.54) is 0 Å². The Labute approximate surface area is 140 Å². The maximum Gasteiger partial charge on any atom is 0.314 e. The first-order valence-corrected chi connectivity index (χ1v) is 3.23. The van der Waals surface area contributed by atoms with Gasteiger partial charge in [0.2, 0.25) is 0 Å². The molecule has 5 nitrogen and oxygen atoms in total. The maximum atomic E-state index is 10.6. The molecule has 0 saturated carbocycles. The van der Waals surface area contributed by atoms with Crippen molar-refractivity contribution >= 4 is 6.03 Å². The molecule has 0 saturated heterocycles. The third kappa shape index (κ3) is 14.5. The van der Waals surface area contributed by atoms with Crippen LogP contribution >= 0.6 is 0 Å². The molecule has 68 valence electrons. The Balaban J connectivity index is -0.000000405. The molecule has 0 spiro atoms. The van der Waals surface area contributed by atoms with Crippen molar-refractivity contribution < 1.29 is 88.3 Å². The maximum absolute atomic E-state index is 10.6. The predicted octanol–water partition coefficient (Wildman–Crippen LogP) is -1.80. The molecule has 0 atom stereocenters. The number of carbonyl (C=O) groups is 1. The van der Waals surface area contributed by atoms with Crippen molar-refractivity contribution in [1.82, 2.24) is 10.6 Å². The van der Waals surface area contributed by atoms with E-state index in [0.717, 1.165) is 0 Å². The van der Waals surface area contributed by atoms with Gasteiger partial charge < -0.3 is 22.1 Å². The van der Waals surface area contributed by atoms with Gasteiger partial charge in [-0.25, -0.2) is 4.79 Å². The van der Waals surface area contributed by atoms with Crippen LogP contribution in [0.1, 0.15) is 0 Å². The van der Waals surface area contributed by atoms with Gasteiger partial charge in [0.05, 0.1) is 0 Å². The zero-order valence-electron chi connectivity index (χ0n) is 6.89. The summed E-state index contributed by atoms with van der Waals surface area (Å²) in [5.74, 6) is 0. The fourth-order valence-corrected chi connectivity index (χ4v) is 0.434. The van der Waals surface area contributed by atoms with Crippen LogP contribution in [-0.2, 0) is 0 Å². The van der Waals surface area contributed by atoms with Crippen molar-refractivity contribution in [1.29, 1.82) is 0 Å². The van der Waals surface area contributed by atoms with Gasteiger partial charge in [0.1, 0.15) is 0 Å². The summed E-state index contributed by atoms with van der Waals surface area (Å²) in [4.78, 5) is 10.6. The molecular formula is C5H14Ce2N4O. The molecule has 0 aromatic carbocycles. The summed E-state index contributed by atoms with van der Waals surface area (Å²) < 4.78 is 0. The normalized spacial score (nSPS) is 7.50. The first-order chi connectivity index (χ1) is 4.81. The molecule has 0 aliphatic heterocycles. The van der Waals surface area contributed by atoms with E-state index >= 15 is 0 Å². The minimum Gasteiger partial charge on any atom is -0.337 e. The van der Waals surface area contributed by atoms with Gasteiger partial charge in [0.15, 0.2) is 0 Å². The smallest absolute Gasteiger partial charge is 0.314 e. The Kier molecular flexibility index (Phi) is 25.1. The number of hydrogen-bond acceptors (Lipinski definition) is 3. The molecule has 0 rings (SSSR count). The zero-order valence-corrected chi connectivity index (χ0v) is 13.2. The quantitative estimate of drug-likeness (QED) is 0.428. The molecule has 0 bridgehead atoms. The summed E-state index contributed by atoms with van der Waals surface area (Å²) in [5, 5.41) is 5.07. The van der Waals surface area contributed by atoms with Crippen LogP contribution in [0.4, 0.5) is 4.79 Å². The van der Waals surface area contributed by atoms with Crippen molar-refractivity contribution in [2.45, 2.75) is 0 Å². The Bertz CT molecular complexity index is 93.4. The summed E-state index contributed by atoms with van der Waals surface area (Å²) in [5.41, 5.74) is 10.3. The minimum atomic E-state index is -0.212. The predicted molar refractivity (Wildman–Crippen MR) is 39.5 cm³/mol. The van der Waals surface area contributed by atoms with Gasteiger partial charge in [-0.3, -0.25) is 0 Å². The van der Waals surface area contributed by atoms with E-state index < -0.39 is 0 Å². The van der Waals surface area contributed by atoms with Crippen molar-refractivity contribution in [3.8, 4) is 0 Å². The van der Waals surface area contributed by atoms with E-state index in [0.29, 0.717) is 26.2 Å². The van der Waals surface area contributed by atoms with E-state index in [-0.39, 0.29) is 89.5 Å². The summed E-state index contributed by atoms with van der Waals surface area (Å²) in [6.45, 7) is 1.90. The average Bonchev–Trinajstić information content (AvgIpc) is 1.97. The fourth-order valence-electron chi connectivity index (χ4n) is 0.434. The number of urea groups is 1. The Morgan fingerprint density at radius 1 is 1.00 bits per heavy atom. The van der Waals surface area contributed by atoms with Crippen LogP contribution in [0.15, 0.2) is 0 Å². The topological polar surface area (TPSA) is 93.2 Å². The Morgan fingerprint density at radius 2 is 1.33 bits per heavy atom. The SMILES string of the molecule is NCCNC(=O)NCCN.[Ce].[Ce]. The first kappa shape index (κ1) is 19.5. The number of rotatable bonds is 4. The molecule has 2 amide bonds. The van der Waals surface area contributed by atoms with Crippen LogP contribution in [0.2, 0.25) is 0 Å². The minimum absolute atomic E-state index is 0. The number of carbonyl (C=O) groups excluding carboxylic acids is 1. The van der Waals surface area contributed by atoms with Crippen LogP contribution in [0.3, 0.4) is 0 Å². The van der Waals surface area contributed by atoms with Crippen molar-refractivity contribution in [2.75, 3.05) is 26.2 Å². The van der Waals surface area contributed by atoms with Crippen LogP contribution < -0.4 is 22.1 Å². The Morgan fingerprint density at radius 3 is 1.58 bits per heavy atom. The summed E-state index contributed by atoms with van der Waals surface area (Å²) >= 11 is 0. The molecule has 0 aliphatic carbocycles. The number of hydrogen-bond donors (Lipinski definition) is 4. The third-order valence-corrected chi connectivity index (χ3v) is 0.860. The van der Waals surface area contributed by atoms with Crippen LogP contribution in [0.5, 0.6) is 0 Å². The van der Waals surface area contributed by atoms with Gasteiger partial charge in [-0.1, -0.05) is 0 Å². The molecule has 0 aromatic heterocycles. The summed E-state index contributed by atoms with van der Waals surface area (Å²) in [6, 6.07) is -0.212. The van der Waals surface area contributed by atoms with Gasteiger partial charge in [0.25, 0.3) is 0 Å². The molecule has 0 heterocycles. The molecule has 0 aromatic rings. The number of nitrogens with two attached hydrogens (primary N) is 2. The van der Waals surface area contributed by atoms with Gasteiger partial charge >= 0.3 is 6.03 Å². The molecule has 12 heavy (non-hydrogen) atoms. The van der Waals surface area contributed by atoms with Crippen LogP contribution in [0, 0.1) is 83.5 Å². The van der Waals surface area contributed by atoms with E-state index in [1.54, 1.807) is 0 Å². The van der Waals surface area contributed by atoms with Crippen molar-refractivity contribution in [2.24, 2.45) is 11.5 Å². The zero-order chi connectivity index (χ0) is 7.82. The Hall–Kier alpha value is 1.94. The third-order valence-electron chi connectivity index (χ3n) is 0.860. The second-order valence-electron chi connectivity index (χ2n) is 1.76. The van der Waals surface area contributed by atoms with E-state index in [4.69, 9.17) is 11.5 Å². The van der Waals surface area contributed by atoms with Crippen LogP contribution in [0.25, 0.3) is 0 Å². The summed E-state index contributed by atoms with van der Waals surface area (Å²) in [6.07, 6.45) is 0. The molecule has 0 radical (unpaired) electrons. The van der Waals surface area contributed by atoms with E-state index in [2.05, 4.69) is 10.6 Å². The first-order valence-electron chi connectivity index (χ1n) is 3.23. The molecule has 7 heteroatoms. The van der Waals surface area contributed by atoms with Gasteiger partial charge in [-0.15, -0.1) is 0 Å². The molecule has 6 N–H and O–H groups in total. The standard InChI is InChI=1S/C5H14N4O.2Ce/c6-1-3-8-5(10)9-4-2-7;;/h1-4,6-7H2,(H2,8,9,10);;. The van der Waals surface area contributed by atoms with Gasteiger partial charge in [-0.05, 0) is 0 Å². The fraction of sp³-hybridized carbons (Fsp3) is 0.800. The van der Waals surface area contributed by atoms with Gasteiger partial charge in [0, 0.05) is 110 Å². The second-order valence-corrected chi connectivity index (χ2v) is 1.76. The van der Waals surface area contributed by atoms with E-state index in [1.807, 2.05) is 0 Å². The molecule has 0 aliphatic rings. The van der Waals surface area contributed by atoms with Crippen molar-refractivity contribution in [3.63, 3.8) is 0 Å². The van der Waals surface area contributed by atoms with Gasteiger partial charge in [-0.2, -0.15) is 0 Å². The summed E-state index contributed by atoms with van der Waals surface area (Å²) in [7, 11) is 0. The second kappa shape index (κ2) is 15.4. The average molecular weight is 426 g/mol. The monoisotopic (exact) mass is 426 g/mol. The molecule has 0 fully saturated rings.